The van der Waals surface area contributed by atoms with Crippen molar-refractivity contribution in [2.24, 2.45) is 0 Å². The van der Waals surface area contributed by atoms with Crippen molar-refractivity contribution in [2.75, 3.05) is 0 Å². The summed E-state index contributed by atoms with van der Waals surface area (Å²) in [6.07, 6.45) is 0.617. The van der Waals surface area contributed by atoms with Crippen molar-refractivity contribution in [3.05, 3.63) is 58.3 Å². The molecule has 4 aromatic rings. The molecule has 3 heterocycles. The van der Waals surface area contributed by atoms with Crippen LogP contribution in [-0.4, -0.2) is 11.2 Å². The van der Waals surface area contributed by atoms with Gasteiger partial charge in [0.05, 0.1) is 5.39 Å². The zero-order valence-corrected chi connectivity index (χ0v) is 13.5. The molecule has 5 nitrogen and oxygen atoms in total. The summed E-state index contributed by atoms with van der Waals surface area (Å²) in [4.78, 5) is 13.0. The highest BCUT2D eigenvalue weighted by molar-refractivity contribution is 6.06. The van der Waals surface area contributed by atoms with E-state index in [1.165, 1.54) is 12.1 Å². The van der Waals surface area contributed by atoms with Crippen LogP contribution in [0.2, 0.25) is 0 Å². The Labute approximate surface area is 141 Å². The van der Waals surface area contributed by atoms with Gasteiger partial charge in [-0.1, -0.05) is 6.58 Å². The average molecular weight is 334 g/mol. The first-order valence-electron chi connectivity index (χ1n) is 7.98. The Hall–Kier alpha value is -3.21. The van der Waals surface area contributed by atoms with E-state index in [2.05, 4.69) is 6.58 Å². The molecule has 2 aromatic heterocycles. The molecule has 0 saturated heterocycles. The smallest absolute Gasteiger partial charge is 0.302 e. The third kappa shape index (κ3) is 1.92. The van der Waals surface area contributed by atoms with Crippen LogP contribution in [-0.2, 0) is 6.42 Å². The lowest BCUT2D eigenvalue weighted by Crippen LogP contribution is -2.13. The highest BCUT2D eigenvalue weighted by Gasteiger charge is 2.26. The Bertz CT molecular complexity index is 1260. The largest absolute Gasteiger partial charge is 0.508 e. The molecule has 0 radical (unpaired) electrons. The average Bonchev–Trinajstić information content (AvgIpc) is 3.13. The lowest BCUT2D eigenvalue weighted by Gasteiger charge is -2.08. The molecule has 0 aliphatic carbocycles. The quantitative estimate of drug-likeness (QED) is 0.526. The second-order valence-electron chi connectivity index (χ2n) is 6.49. The maximum absolute atomic E-state index is 13.0. The van der Waals surface area contributed by atoms with Crippen LogP contribution in [0.15, 0.2) is 56.1 Å². The van der Waals surface area contributed by atoms with Gasteiger partial charge in [0.2, 0.25) is 5.43 Å². The van der Waals surface area contributed by atoms with Gasteiger partial charge in [0.25, 0.3) is 0 Å². The molecule has 2 aromatic carbocycles. The second-order valence-corrected chi connectivity index (χ2v) is 6.49. The molecule has 0 spiro atoms. The van der Waals surface area contributed by atoms with Crippen molar-refractivity contribution in [2.45, 2.75) is 19.4 Å². The van der Waals surface area contributed by atoms with E-state index in [9.17, 15) is 9.90 Å². The Kier molecular flexibility index (Phi) is 2.64. The number of furan rings is 1. The van der Waals surface area contributed by atoms with E-state index in [4.69, 9.17) is 13.6 Å². The van der Waals surface area contributed by atoms with Crippen LogP contribution in [0.4, 0.5) is 0 Å². The molecular formula is C20H14O5. The Morgan fingerprint density at radius 1 is 1.16 bits per heavy atom. The molecule has 1 aliphatic rings. The van der Waals surface area contributed by atoms with Crippen molar-refractivity contribution in [3.8, 4) is 11.5 Å². The summed E-state index contributed by atoms with van der Waals surface area (Å²) < 4.78 is 17.3. The monoisotopic (exact) mass is 334 g/mol. The summed E-state index contributed by atoms with van der Waals surface area (Å²) in [5.74, 6) is 0.922. The zero-order chi connectivity index (χ0) is 17.3. The third-order valence-electron chi connectivity index (χ3n) is 4.70. The van der Waals surface area contributed by atoms with E-state index in [-0.39, 0.29) is 23.1 Å². The van der Waals surface area contributed by atoms with E-state index in [0.717, 1.165) is 11.1 Å². The number of benzene rings is 2. The molecular weight excluding hydrogens is 320 g/mol. The second kappa shape index (κ2) is 4.66. The van der Waals surface area contributed by atoms with E-state index < -0.39 is 0 Å². The number of phenolic OH excluding ortho intramolecular Hbond substituents is 1. The molecule has 0 fully saturated rings. The van der Waals surface area contributed by atoms with Gasteiger partial charge in [0, 0.05) is 23.9 Å². The number of hydrogen-bond acceptors (Lipinski definition) is 5. The summed E-state index contributed by atoms with van der Waals surface area (Å²) >= 11 is 0. The van der Waals surface area contributed by atoms with Gasteiger partial charge in [0.1, 0.15) is 34.2 Å². The number of fused-ring (bicyclic) bond motifs is 5. The predicted molar refractivity (Wildman–Crippen MR) is 94.4 cm³/mol. The molecule has 0 bridgehead atoms. The third-order valence-corrected chi connectivity index (χ3v) is 4.70. The molecule has 124 valence electrons. The first-order chi connectivity index (χ1) is 12.0. The molecule has 25 heavy (non-hydrogen) atoms. The van der Waals surface area contributed by atoms with Crippen LogP contribution in [0.25, 0.3) is 33.1 Å². The molecule has 5 rings (SSSR count). The number of phenols is 1. The standard InChI is InChI=1S/C20H14O5/c1-9(2)14-6-10-5-13-17(8-15(10)23-14)25-20-18(19(13)22)12-4-3-11(21)7-16(12)24-20/h3-5,7-8,14,21H,1,6H2,2H3. The van der Waals surface area contributed by atoms with E-state index in [1.807, 2.05) is 13.0 Å². The lowest BCUT2D eigenvalue weighted by atomic mass is 10.0. The number of ether oxygens (including phenoxy) is 1. The molecule has 0 saturated carbocycles. The van der Waals surface area contributed by atoms with Gasteiger partial charge in [0.15, 0.2) is 0 Å². The highest BCUT2D eigenvalue weighted by atomic mass is 16.5. The fourth-order valence-corrected chi connectivity index (χ4v) is 3.39. The summed E-state index contributed by atoms with van der Waals surface area (Å²) in [6.45, 7) is 5.86. The van der Waals surface area contributed by atoms with E-state index >= 15 is 0 Å². The van der Waals surface area contributed by atoms with Crippen molar-refractivity contribution in [3.63, 3.8) is 0 Å². The topological polar surface area (TPSA) is 72.8 Å². The van der Waals surface area contributed by atoms with Crippen molar-refractivity contribution < 1.29 is 18.7 Å². The molecule has 1 atom stereocenters. The maximum atomic E-state index is 13.0. The molecule has 1 N–H and O–H groups in total. The van der Waals surface area contributed by atoms with Gasteiger partial charge >= 0.3 is 5.78 Å². The fourth-order valence-electron chi connectivity index (χ4n) is 3.39. The minimum absolute atomic E-state index is 0.0711. The predicted octanol–water partition coefficient (Wildman–Crippen LogP) is 4.28. The molecule has 1 unspecified atom stereocenters. The normalized spacial score (nSPS) is 16.4. The van der Waals surface area contributed by atoms with Crippen molar-refractivity contribution in [1.82, 2.24) is 0 Å². The maximum Gasteiger partial charge on any atom is 0.302 e. The van der Waals surface area contributed by atoms with Gasteiger partial charge in [-0.2, -0.15) is 0 Å². The summed E-state index contributed by atoms with van der Waals surface area (Å²) in [5, 5.41) is 11.1. The van der Waals surface area contributed by atoms with Crippen LogP contribution < -0.4 is 10.2 Å². The van der Waals surface area contributed by atoms with E-state index in [1.54, 1.807) is 12.1 Å². The lowest BCUT2D eigenvalue weighted by molar-refractivity contribution is 0.271. The van der Waals surface area contributed by atoms with Gasteiger partial charge in [-0.3, -0.25) is 4.79 Å². The van der Waals surface area contributed by atoms with Gasteiger partial charge in [-0.15, -0.1) is 0 Å². The molecule has 1 aliphatic heterocycles. The Balaban J connectivity index is 1.83. The summed E-state index contributed by atoms with van der Waals surface area (Å²) in [7, 11) is 0. The summed E-state index contributed by atoms with van der Waals surface area (Å²) in [5.41, 5.74) is 2.60. The highest BCUT2D eigenvalue weighted by Crippen LogP contribution is 2.36. The van der Waals surface area contributed by atoms with Crippen molar-refractivity contribution >= 4 is 33.1 Å². The minimum atomic E-state index is -0.151. The first-order valence-corrected chi connectivity index (χ1v) is 7.98. The van der Waals surface area contributed by atoms with Crippen LogP contribution in [0, 0.1) is 0 Å². The van der Waals surface area contributed by atoms with Crippen LogP contribution in [0.1, 0.15) is 12.5 Å². The van der Waals surface area contributed by atoms with Gasteiger partial charge in [-0.05, 0) is 36.3 Å². The summed E-state index contributed by atoms with van der Waals surface area (Å²) in [6, 6.07) is 8.22. The Morgan fingerprint density at radius 3 is 2.68 bits per heavy atom. The molecule has 0 amide bonds. The Morgan fingerprint density at radius 2 is 1.92 bits per heavy atom. The molecule has 5 heteroatoms. The van der Waals surface area contributed by atoms with Gasteiger partial charge < -0.3 is 18.7 Å². The fraction of sp³-hybridized carbons (Fsp3) is 0.150. The number of aromatic hydroxyl groups is 1. The SMILES string of the molecule is C=C(C)C1Cc2cc3c(=O)c4c(oc3cc2O1)oc1cc(O)ccc14. The zero-order valence-electron chi connectivity index (χ0n) is 13.5. The van der Waals surface area contributed by atoms with Crippen molar-refractivity contribution in [1.29, 1.82) is 0 Å². The van der Waals surface area contributed by atoms with Gasteiger partial charge in [-0.25, -0.2) is 0 Å². The first kappa shape index (κ1) is 14.2. The minimum Gasteiger partial charge on any atom is -0.508 e. The van der Waals surface area contributed by atoms with E-state index in [0.29, 0.717) is 39.5 Å². The number of rotatable bonds is 1. The van der Waals surface area contributed by atoms with Crippen LogP contribution in [0.5, 0.6) is 11.5 Å². The number of hydrogen-bond donors (Lipinski definition) is 1. The van der Waals surface area contributed by atoms with Crippen LogP contribution >= 0.6 is 0 Å². The van der Waals surface area contributed by atoms with Crippen LogP contribution in [0.3, 0.4) is 0 Å².